The summed E-state index contributed by atoms with van der Waals surface area (Å²) in [5.41, 5.74) is -0.493. The maximum absolute atomic E-state index is 13.7. The lowest BCUT2D eigenvalue weighted by Gasteiger charge is -2.24. The summed E-state index contributed by atoms with van der Waals surface area (Å²) in [5, 5.41) is -0.381. The summed E-state index contributed by atoms with van der Waals surface area (Å²) in [6, 6.07) is 1.53. The topological polar surface area (TPSA) is 60.4 Å². The lowest BCUT2D eigenvalue weighted by Crippen LogP contribution is -2.16. The molecule has 2 rings (SSSR count). The molecule has 0 atom stereocenters. The van der Waals surface area contributed by atoms with Crippen molar-refractivity contribution in [1.82, 2.24) is 0 Å². The molecule has 0 heterocycles. The van der Waals surface area contributed by atoms with Gasteiger partial charge in [-0.3, -0.25) is 0 Å². The predicted molar refractivity (Wildman–Crippen MR) is 76.7 cm³/mol. The molecule has 1 aliphatic rings. The summed E-state index contributed by atoms with van der Waals surface area (Å²) >= 11 is 5.61. The van der Waals surface area contributed by atoms with E-state index in [0.29, 0.717) is 5.92 Å². The number of esters is 1. The highest BCUT2D eigenvalue weighted by Crippen LogP contribution is 2.30. The van der Waals surface area contributed by atoms with Gasteiger partial charge in [0.1, 0.15) is 10.7 Å². The Morgan fingerprint density at radius 1 is 1.38 bits per heavy atom. The van der Waals surface area contributed by atoms with Crippen molar-refractivity contribution in [2.75, 3.05) is 6.61 Å². The molecule has 1 aromatic rings. The number of hydrogen-bond acceptors (Lipinski definition) is 4. The monoisotopic (exact) mass is 354 g/mol. The summed E-state index contributed by atoms with van der Waals surface area (Å²) in [6.45, 7) is 0.175. The summed E-state index contributed by atoms with van der Waals surface area (Å²) in [5.74, 6) is -1.32. The third-order valence-electron chi connectivity index (χ3n) is 3.49. The molecular weight excluding hydrogens is 342 g/mol. The SMILES string of the molecule is O=C(OCCC1CCC1)c1cc(S(=O)(=O)Cl)c(Cl)cc1F. The number of halogens is 3. The van der Waals surface area contributed by atoms with Gasteiger partial charge in [-0.25, -0.2) is 17.6 Å². The van der Waals surface area contributed by atoms with E-state index in [4.69, 9.17) is 27.0 Å². The van der Waals surface area contributed by atoms with E-state index in [-0.39, 0.29) is 11.6 Å². The summed E-state index contributed by atoms with van der Waals surface area (Å²) in [6.07, 6.45) is 4.13. The quantitative estimate of drug-likeness (QED) is 0.596. The highest BCUT2D eigenvalue weighted by molar-refractivity contribution is 8.13. The first-order chi connectivity index (χ1) is 9.79. The van der Waals surface area contributed by atoms with Crippen molar-refractivity contribution in [3.8, 4) is 0 Å². The van der Waals surface area contributed by atoms with E-state index >= 15 is 0 Å². The Bertz CT molecular complexity index is 656. The van der Waals surface area contributed by atoms with Gasteiger partial charge in [0.25, 0.3) is 9.05 Å². The number of rotatable bonds is 5. The van der Waals surface area contributed by atoms with Gasteiger partial charge in [0.2, 0.25) is 0 Å². The van der Waals surface area contributed by atoms with E-state index < -0.39 is 31.3 Å². The Morgan fingerprint density at radius 2 is 2.05 bits per heavy atom. The van der Waals surface area contributed by atoms with Crippen LogP contribution in [-0.4, -0.2) is 21.0 Å². The van der Waals surface area contributed by atoms with E-state index in [1.165, 1.54) is 6.42 Å². The van der Waals surface area contributed by atoms with Crippen LogP contribution in [0, 0.1) is 11.7 Å². The van der Waals surface area contributed by atoms with E-state index in [2.05, 4.69) is 0 Å². The Kier molecular flexibility index (Phi) is 5.11. The molecule has 0 aliphatic heterocycles. The molecule has 0 amide bonds. The van der Waals surface area contributed by atoms with Crippen LogP contribution in [0.25, 0.3) is 0 Å². The Labute approximate surface area is 131 Å². The van der Waals surface area contributed by atoms with Crippen LogP contribution < -0.4 is 0 Å². The van der Waals surface area contributed by atoms with Gasteiger partial charge in [-0.2, -0.15) is 0 Å². The smallest absolute Gasteiger partial charge is 0.341 e. The van der Waals surface area contributed by atoms with E-state index in [1.807, 2.05) is 0 Å². The van der Waals surface area contributed by atoms with Crippen LogP contribution in [0.15, 0.2) is 17.0 Å². The molecule has 0 spiro atoms. The van der Waals surface area contributed by atoms with Crippen LogP contribution in [-0.2, 0) is 13.8 Å². The zero-order chi connectivity index (χ0) is 15.6. The molecule has 0 aromatic heterocycles. The van der Waals surface area contributed by atoms with Gasteiger partial charge < -0.3 is 4.74 Å². The van der Waals surface area contributed by atoms with Gasteiger partial charge in [0.15, 0.2) is 0 Å². The van der Waals surface area contributed by atoms with Crippen molar-refractivity contribution >= 4 is 37.3 Å². The minimum atomic E-state index is -4.17. The van der Waals surface area contributed by atoms with Crippen LogP contribution in [0.3, 0.4) is 0 Å². The van der Waals surface area contributed by atoms with E-state index in [0.717, 1.165) is 31.4 Å². The number of carbonyl (C=O) groups excluding carboxylic acids is 1. The van der Waals surface area contributed by atoms with Gasteiger partial charge in [0.05, 0.1) is 17.2 Å². The second-order valence-electron chi connectivity index (χ2n) is 4.92. The molecule has 1 aliphatic carbocycles. The van der Waals surface area contributed by atoms with Crippen molar-refractivity contribution in [3.63, 3.8) is 0 Å². The van der Waals surface area contributed by atoms with Gasteiger partial charge in [-0.1, -0.05) is 30.9 Å². The zero-order valence-corrected chi connectivity index (χ0v) is 13.3. The lowest BCUT2D eigenvalue weighted by molar-refractivity contribution is 0.0459. The average Bonchev–Trinajstić information content (AvgIpc) is 2.30. The first kappa shape index (κ1) is 16.5. The van der Waals surface area contributed by atoms with Crippen molar-refractivity contribution in [2.45, 2.75) is 30.6 Å². The van der Waals surface area contributed by atoms with E-state index in [1.54, 1.807) is 0 Å². The fourth-order valence-corrected chi connectivity index (χ4v) is 3.56. The Balaban J connectivity index is 2.12. The largest absolute Gasteiger partial charge is 0.462 e. The fourth-order valence-electron chi connectivity index (χ4n) is 2.05. The molecule has 116 valence electrons. The van der Waals surface area contributed by atoms with Gasteiger partial charge in [-0.05, 0) is 24.5 Å². The highest BCUT2D eigenvalue weighted by Gasteiger charge is 2.23. The standard InChI is InChI=1S/C13H13Cl2FO4S/c14-10-7-11(16)9(6-12(10)21(15,18)19)13(17)20-5-4-8-2-1-3-8/h6-8H,1-5H2. The highest BCUT2D eigenvalue weighted by atomic mass is 35.7. The molecule has 1 saturated carbocycles. The fraction of sp³-hybridized carbons (Fsp3) is 0.462. The molecule has 4 nitrogen and oxygen atoms in total. The Morgan fingerprint density at radius 3 is 2.57 bits per heavy atom. The summed E-state index contributed by atoms with van der Waals surface area (Å²) in [7, 11) is 1.01. The molecule has 1 aromatic carbocycles. The number of carbonyl (C=O) groups is 1. The van der Waals surface area contributed by atoms with Crippen molar-refractivity contribution in [2.24, 2.45) is 5.92 Å². The summed E-state index contributed by atoms with van der Waals surface area (Å²) in [4.78, 5) is 11.3. The summed E-state index contributed by atoms with van der Waals surface area (Å²) < 4.78 is 41.3. The predicted octanol–water partition coefficient (Wildman–Crippen LogP) is 3.75. The first-order valence-electron chi connectivity index (χ1n) is 6.40. The molecule has 8 heteroatoms. The van der Waals surface area contributed by atoms with Crippen LogP contribution in [0.1, 0.15) is 36.0 Å². The van der Waals surface area contributed by atoms with Gasteiger partial charge in [0, 0.05) is 10.7 Å². The molecule has 0 bridgehead atoms. The second-order valence-corrected chi connectivity index (χ2v) is 7.86. The Hall–Kier alpha value is -0.850. The average molecular weight is 355 g/mol. The molecular formula is C13H13Cl2FO4S. The third-order valence-corrected chi connectivity index (χ3v) is 5.27. The minimum absolute atomic E-state index is 0.175. The van der Waals surface area contributed by atoms with Crippen molar-refractivity contribution in [3.05, 3.63) is 28.5 Å². The maximum atomic E-state index is 13.7. The van der Waals surface area contributed by atoms with Crippen LogP contribution in [0.2, 0.25) is 5.02 Å². The molecule has 0 unspecified atom stereocenters. The third kappa shape index (κ3) is 4.08. The molecule has 1 fully saturated rings. The van der Waals surface area contributed by atoms with Gasteiger partial charge >= 0.3 is 5.97 Å². The van der Waals surface area contributed by atoms with Gasteiger partial charge in [-0.15, -0.1) is 0 Å². The first-order valence-corrected chi connectivity index (χ1v) is 9.08. The molecule has 0 radical (unpaired) electrons. The van der Waals surface area contributed by atoms with Crippen LogP contribution >= 0.6 is 22.3 Å². The van der Waals surface area contributed by atoms with Crippen LogP contribution in [0.4, 0.5) is 4.39 Å². The lowest BCUT2D eigenvalue weighted by atomic mass is 9.83. The maximum Gasteiger partial charge on any atom is 0.341 e. The van der Waals surface area contributed by atoms with Crippen molar-refractivity contribution in [1.29, 1.82) is 0 Å². The number of benzene rings is 1. The normalized spacial score (nSPS) is 15.6. The molecule has 0 N–H and O–H groups in total. The number of hydrogen-bond donors (Lipinski definition) is 0. The molecule has 21 heavy (non-hydrogen) atoms. The van der Waals surface area contributed by atoms with Crippen LogP contribution in [0.5, 0.6) is 0 Å². The second kappa shape index (κ2) is 6.50. The minimum Gasteiger partial charge on any atom is -0.462 e. The molecule has 0 saturated heterocycles. The van der Waals surface area contributed by atoms with E-state index in [9.17, 15) is 17.6 Å². The van der Waals surface area contributed by atoms with Crippen molar-refractivity contribution < 1.29 is 22.3 Å². The number of ether oxygens (including phenoxy) is 1. The zero-order valence-electron chi connectivity index (χ0n) is 10.9.